The molecule has 40 heavy (non-hydrogen) atoms. The van der Waals surface area contributed by atoms with E-state index < -0.39 is 17.8 Å². The lowest BCUT2D eigenvalue weighted by atomic mass is 9.80. The number of hydrogen-bond donors (Lipinski definition) is 1. The molecule has 6 rings (SSSR count). The Hall–Kier alpha value is -3.60. The first-order valence-corrected chi connectivity index (χ1v) is 13.7. The monoisotopic (exact) mass is 554 g/mol. The fraction of sp³-hybridized carbons (Fsp3) is 0.483. The zero-order chi connectivity index (χ0) is 28.2. The van der Waals surface area contributed by atoms with Gasteiger partial charge in [0.2, 0.25) is 5.95 Å². The zero-order valence-corrected chi connectivity index (χ0v) is 22.9. The molecule has 3 aromatic rings. The maximum atomic E-state index is 14.2. The number of carbonyl (C=O) groups is 1. The molecule has 1 atom stereocenters. The molecule has 4 heterocycles. The predicted molar refractivity (Wildman–Crippen MR) is 143 cm³/mol. The van der Waals surface area contributed by atoms with Gasteiger partial charge in [-0.05, 0) is 49.4 Å². The SMILES string of the molecule is CCOc1cc([C@H](C)N2CC3(CC3)c3c(CN4CC(F)(F)C4)cc(Cn4ccnc4NC)cc3C2=O)ncc1F. The van der Waals surface area contributed by atoms with Gasteiger partial charge in [-0.25, -0.2) is 18.2 Å². The number of amides is 1. The van der Waals surface area contributed by atoms with E-state index in [-0.39, 0.29) is 30.2 Å². The third kappa shape index (κ3) is 4.70. The molecule has 1 spiro atoms. The molecule has 2 fully saturated rings. The van der Waals surface area contributed by atoms with Crippen molar-refractivity contribution in [1.82, 2.24) is 24.3 Å². The summed E-state index contributed by atoms with van der Waals surface area (Å²) in [5, 5.41) is 3.06. The number of ether oxygens (including phenoxy) is 1. The number of hydrogen-bond acceptors (Lipinski definition) is 6. The number of benzene rings is 1. The molecular weight excluding hydrogens is 521 g/mol. The highest BCUT2D eigenvalue weighted by atomic mass is 19.3. The highest BCUT2D eigenvalue weighted by Gasteiger charge is 2.54. The van der Waals surface area contributed by atoms with Crippen molar-refractivity contribution in [3.05, 3.63) is 70.6 Å². The standard InChI is InChI=1S/C29H33F3N6O2/c1-4-40-24-11-23(35-12-22(24)30)18(2)38-15-28(5-6-28)25-20(14-36-16-29(31,32)17-36)9-19(10-21(25)26(38)39)13-37-8-7-34-27(37)33-3/h7-12,18H,4-6,13-17H2,1-3H3,(H,33,34)/t18-/m0/s1. The summed E-state index contributed by atoms with van der Waals surface area (Å²) < 4.78 is 49.0. The Morgan fingerprint density at radius 2 is 1.90 bits per heavy atom. The Balaban J connectivity index is 1.39. The maximum Gasteiger partial charge on any atom is 0.272 e. The fourth-order valence-electron chi connectivity index (χ4n) is 6.19. The smallest absolute Gasteiger partial charge is 0.272 e. The van der Waals surface area contributed by atoms with Gasteiger partial charge in [-0.3, -0.25) is 14.7 Å². The average molecular weight is 555 g/mol. The Labute approximate surface area is 231 Å². The van der Waals surface area contributed by atoms with Gasteiger partial charge < -0.3 is 19.5 Å². The van der Waals surface area contributed by atoms with Gasteiger partial charge >= 0.3 is 0 Å². The van der Waals surface area contributed by atoms with Gasteiger partial charge in [0.05, 0.1) is 44.2 Å². The number of halogens is 3. The van der Waals surface area contributed by atoms with Crippen molar-refractivity contribution in [2.24, 2.45) is 0 Å². The minimum atomic E-state index is -2.67. The van der Waals surface area contributed by atoms with Crippen LogP contribution in [0.25, 0.3) is 0 Å². The van der Waals surface area contributed by atoms with Gasteiger partial charge in [-0.15, -0.1) is 0 Å². The summed E-state index contributed by atoms with van der Waals surface area (Å²) in [6, 6.07) is 5.16. The van der Waals surface area contributed by atoms with E-state index in [0.29, 0.717) is 43.4 Å². The van der Waals surface area contributed by atoms with Crippen LogP contribution in [0.4, 0.5) is 19.1 Å². The van der Waals surface area contributed by atoms with Gasteiger partial charge in [-0.2, -0.15) is 0 Å². The minimum Gasteiger partial charge on any atom is -0.491 e. The summed E-state index contributed by atoms with van der Waals surface area (Å²) in [5.41, 5.74) is 3.74. The van der Waals surface area contributed by atoms with E-state index in [1.807, 2.05) is 28.7 Å². The van der Waals surface area contributed by atoms with Crippen LogP contribution in [-0.2, 0) is 18.5 Å². The van der Waals surface area contributed by atoms with Crippen LogP contribution in [0.1, 0.15) is 65.5 Å². The number of aromatic nitrogens is 3. The third-order valence-electron chi connectivity index (χ3n) is 8.26. The first-order valence-electron chi connectivity index (χ1n) is 13.7. The van der Waals surface area contributed by atoms with Crippen molar-refractivity contribution in [1.29, 1.82) is 0 Å². The van der Waals surface area contributed by atoms with Crippen molar-refractivity contribution in [3.8, 4) is 5.75 Å². The van der Waals surface area contributed by atoms with E-state index in [2.05, 4.69) is 21.4 Å². The lowest BCUT2D eigenvalue weighted by molar-refractivity contribution is -0.134. The van der Waals surface area contributed by atoms with Crippen molar-refractivity contribution >= 4 is 11.9 Å². The number of fused-ring (bicyclic) bond motifs is 2. The quantitative estimate of drug-likeness (QED) is 0.417. The molecule has 0 radical (unpaired) electrons. The van der Waals surface area contributed by atoms with E-state index in [1.165, 1.54) is 0 Å². The second-order valence-corrected chi connectivity index (χ2v) is 11.2. The molecule has 1 amide bonds. The molecular formula is C29H33F3N6O2. The lowest BCUT2D eigenvalue weighted by Gasteiger charge is -2.42. The van der Waals surface area contributed by atoms with E-state index in [0.717, 1.165) is 35.7 Å². The van der Waals surface area contributed by atoms with Crippen LogP contribution in [0.5, 0.6) is 5.75 Å². The van der Waals surface area contributed by atoms with Crippen LogP contribution in [0, 0.1) is 5.82 Å². The van der Waals surface area contributed by atoms with E-state index in [9.17, 15) is 18.0 Å². The summed E-state index contributed by atoms with van der Waals surface area (Å²) >= 11 is 0. The molecule has 1 saturated heterocycles. The van der Waals surface area contributed by atoms with Gasteiger partial charge in [0.15, 0.2) is 11.6 Å². The zero-order valence-electron chi connectivity index (χ0n) is 22.9. The van der Waals surface area contributed by atoms with E-state index in [4.69, 9.17) is 4.74 Å². The van der Waals surface area contributed by atoms with Crippen molar-refractivity contribution < 1.29 is 22.7 Å². The molecule has 1 aromatic carbocycles. The summed E-state index contributed by atoms with van der Waals surface area (Å²) in [6.45, 7) is 4.78. The number of rotatable bonds is 9. The number of nitrogens with one attached hydrogen (secondary N) is 1. The summed E-state index contributed by atoms with van der Waals surface area (Å²) in [7, 11) is 1.79. The maximum absolute atomic E-state index is 14.2. The summed E-state index contributed by atoms with van der Waals surface area (Å²) in [5.74, 6) is -2.55. The number of pyridine rings is 1. The molecule has 11 heteroatoms. The van der Waals surface area contributed by atoms with Crippen molar-refractivity contribution in [2.75, 3.05) is 38.6 Å². The number of imidazole rings is 1. The molecule has 2 aliphatic heterocycles. The molecule has 3 aliphatic rings. The van der Waals surface area contributed by atoms with Gasteiger partial charge in [-0.1, -0.05) is 6.07 Å². The van der Waals surface area contributed by atoms with Crippen LogP contribution in [0.15, 0.2) is 36.8 Å². The van der Waals surface area contributed by atoms with E-state index in [1.54, 1.807) is 31.1 Å². The largest absolute Gasteiger partial charge is 0.491 e. The molecule has 2 aromatic heterocycles. The Kier molecular flexibility index (Phi) is 6.52. The molecule has 1 N–H and O–H groups in total. The van der Waals surface area contributed by atoms with Crippen LogP contribution < -0.4 is 10.1 Å². The average Bonchev–Trinajstić information content (AvgIpc) is 3.53. The van der Waals surface area contributed by atoms with Gasteiger partial charge in [0.1, 0.15) is 0 Å². The lowest BCUT2D eigenvalue weighted by Crippen LogP contribution is -2.55. The van der Waals surface area contributed by atoms with Crippen LogP contribution in [0.3, 0.4) is 0 Å². The molecule has 1 aliphatic carbocycles. The van der Waals surface area contributed by atoms with Crippen molar-refractivity contribution in [3.63, 3.8) is 0 Å². The summed E-state index contributed by atoms with van der Waals surface area (Å²) in [4.78, 5) is 26.3. The van der Waals surface area contributed by atoms with Gasteiger partial charge in [0, 0.05) is 49.6 Å². The molecule has 0 bridgehead atoms. The normalized spacial score (nSPS) is 19.8. The predicted octanol–water partition coefficient (Wildman–Crippen LogP) is 4.61. The van der Waals surface area contributed by atoms with Crippen LogP contribution in [0.2, 0.25) is 0 Å². The number of likely N-dealkylation sites (tertiary alicyclic amines) is 1. The Bertz CT molecular complexity index is 1450. The third-order valence-corrected chi connectivity index (χ3v) is 8.26. The second kappa shape index (κ2) is 9.79. The first kappa shape index (κ1) is 26.6. The van der Waals surface area contributed by atoms with E-state index >= 15 is 0 Å². The highest BCUT2D eigenvalue weighted by molar-refractivity contribution is 5.98. The van der Waals surface area contributed by atoms with Gasteiger partial charge in [0.25, 0.3) is 11.8 Å². The molecule has 212 valence electrons. The molecule has 0 unspecified atom stereocenters. The molecule has 8 nitrogen and oxygen atoms in total. The van der Waals surface area contributed by atoms with Crippen molar-refractivity contribution in [2.45, 2.75) is 57.2 Å². The summed E-state index contributed by atoms with van der Waals surface area (Å²) in [6.07, 6.45) is 6.51. The number of anilines is 1. The Morgan fingerprint density at radius 3 is 2.58 bits per heavy atom. The van der Waals surface area contributed by atoms with Crippen LogP contribution in [-0.4, -0.2) is 69.5 Å². The van der Waals surface area contributed by atoms with Crippen LogP contribution >= 0.6 is 0 Å². The number of alkyl halides is 2. The highest BCUT2D eigenvalue weighted by Crippen LogP contribution is 2.55. The minimum absolute atomic E-state index is 0.113. The topological polar surface area (TPSA) is 75.5 Å². The number of nitrogens with zero attached hydrogens (tertiary/aromatic N) is 5. The number of carbonyl (C=O) groups excluding carboxylic acids is 1. The second-order valence-electron chi connectivity index (χ2n) is 11.2. The first-order chi connectivity index (χ1) is 19.1. The fourth-order valence-corrected chi connectivity index (χ4v) is 6.19. The molecule has 1 saturated carbocycles. The Morgan fingerprint density at radius 1 is 1.12 bits per heavy atom.